The number of nitrogens with one attached hydrogen (secondary N) is 1. The van der Waals surface area contributed by atoms with Crippen LogP contribution >= 0.6 is 0 Å². The Balaban J connectivity index is 2.22. The summed E-state index contributed by atoms with van der Waals surface area (Å²) in [4.78, 5) is 2.01. The molecule has 96 valence electrons. The summed E-state index contributed by atoms with van der Waals surface area (Å²) in [5.74, 6) is 0.492. The minimum atomic E-state index is -4.51. The third-order valence-electron chi connectivity index (χ3n) is 2.77. The van der Waals surface area contributed by atoms with Crippen LogP contribution in [-0.4, -0.2) is 50.1 Å². The van der Waals surface area contributed by atoms with Crippen LogP contribution in [0.5, 0.6) is 0 Å². The molecule has 1 fully saturated rings. The first kappa shape index (κ1) is 13.7. The largest absolute Gasteiger partial charge is 0.522 e. The number of halogens is 3. The molecule has 0 aromatic rings. The van der Waals surface area contributed by atoms with Crippen molar-refractivity contribution in [3.05, 3.63) is 0 Å². The molecule has 1 N–H and O–H groups in total. The monoisotopic (exact) mass is 240 g/mol. The van der Waals surface area contributed by atoms with Crippen LogP contribution < -0.4 is 5.32 Å². The first-order valence-electron chi connectivity index (χ1n) is 5.55. The van der Waals surface area contributed by atoms with Crippen LogP contribution in [-0.2, 0) is 4.74 Å². The molecule has 16 heavy (non-hydrogen) atoms. The van der Waals surface area contributed by atoms with Gasteiger partial charge in [0, 0.05) is 32.2 Å². The Morgan fingerprint density at radius 3 is 2.69 bits per heavy atom. The molecule has 0 aromatic heterocycles. The molecule has 0 aliphatic carbocycles. The van der Waals surface area contributed by atoms with Gasteiger partial charge in [0.15, 0.2) is 0 Å². The molecule has 3 nitrogen and oxygen atoms in total. The van der Waals surface area contributed by atoms with Crippen LogP contribution in [0.4, 0.5) is 13.2 Å². The average molecular weight is 240 g/mol. The highest BCUT2D eigenvalue weighted by Crippen LogP contribution is 2.16. The number of ether oxygens (including phenoxy) is 1. The number of rotatable bonds is 4. The molecule has 1 saturated heterocycles. The van der Waals surface area contributed by atoms with E-state index in [0.717, 1.165) is 19.6 Å². The van der Waals surface area contributed by atoms with E-state index in [2.05, 4.69) is 23.9 Å². The maximum Gasteiger partial charge on any atom is 0.522 e. The highest BCUT2D eigenvalue weighted by molar-refractivity contribution is 4.80. The van der Waals surface area contributed by atoms with E-state index in [4.69, 9.17) is 0 Å². The van der Waals surface area contributed by atoms with Crippen LogP contribution in [0.3, 0.4) is 0 Å². The van der Waals surface area contributed by atoms with Gasteiger partial charge in [-0.3, -0.25) is 9.64 Å². The third kappa shape index (κ3) is 5.14. The average Bonchev–Trinajstić information content (AvgIpc) is 2.16. The van der Waals surface area contributed by atoms with Crippen molar-refractivity contribution in [3.8, 4) is 0 Å². The number of hydrogen-bond acceptors (Lipinski definition) is 3. The molecule has 0 radical (unpaired) electrons. The molecule has 1 aliphatic rings. The van der Waals surface area contributed by atoms with E-state index in [0.29, 0.717) is 18.5 Å². The molecule has 0 saturated carbocycles. The van der Waals surface area contributed by atoms with Gasteiger partial charge < -0.3 is 5.32 Å². The Bertz CT molecular complexity index is 209. The van der Waals surface area contributed by atoms with E-state index >= 15 is 0 Å². The lowest BCUT2D eigenvalue weighted by Gasteiger charge is -2.35. The molecule has 0 amide bonds. The Labute approximate surface area is 93.9 Å². The van der Waals surface area contributed by atoms with Gasteiger partial charge in [-0.25, -0.2) is 0 Å². The Hall–Kier alpha value is -0.330. The lowest BCUT2D eigenvalue weighted by molar-refractivity contribution is -0.325. The van der Waals surface area contributed by atoms with Gasteiger partial charge in [0.05, 0.1) is 6.61 Å². The number of nitrogens with zero attached hydrogens (tertiary/aromatic N) is 1. The fraction of sp³-hybridized carbons (Fsp3) is 1.00. The summed E-state index contributed by atoms with van der Waals surface area (Å²) >= 11 is 0. The van der Waals surface area contributed by atoms with Gasteiger partial charge in [-0.2, -0.15) is 0 Å². The molecule has 0 aromatic carbocycles. The number of piperazine rings is 1. The van der Waals surface area contributed by atoms with Crippen molar-refractivity contribution in [3.63, 3.8) is 0 Å². The molecule has 1 rings (SSSR count). The summed E-state index contributed by atoms with van der Waals surface area (Å²) in [5, 5.41) is 3.35. The lowest BCUT2D eigenvalue weighted by atomic mass is 10.0. The molecular weight excluding hydrogens is 221 g/mol. The quantitative estimate of drug-likeness (QED) is 0.805. The van der Waals surface area contributed by atoms with Gasteiger partial charge >= 0.3 is 6.36 Å². The van der Waals surface area contributed by atoms with Gasteiger partial charge in [-0.1, -0.05) is 13.8 Å². The zero-order valence-electron chi connectivity index (χ0n) is 9.68. The molecule has 1 aliphatic heterocycles. The van der Waals surface area contributed by atoms with Crippen molar-refractivity contribution >= 4 is 0 Å². The fourth-order valence-corrected chi connectivity index (χ4v) is 1.78. The van der Waals surface area contributed by atoms with Crippen molar-refractivity contribution in [2.24, 2.45) is 5.92 Å². The molecule has 0 spiro atoms. The first-order chi connectivity index (χ1) is 7.38. The van der Waals surface area contributed by atoms with Gasteiger partial charge in [-0.15, -0.1) is 13.2 Å². The predicted molar refractivity (Wildman–Crippen MR) is 55.1 cm³/mol. The zero-order valence-corrected chi connectivity index (χ0v) is 9.68. The summed E-state index contributed by atoms with van der Waals surface area (Å²) in [6.45, 7) is 6.66. The van der Waals surface area contributed by atoms with Gasteiger partial charge in [0.1, 0.15) is 0 Å². The molecule has 1 heterocycles. The SMILES string of the molecule is CC(C)C1CN(CCOC(F)(F)F)CCN1. The molecule has 0 bridgehead atoms. The van der Waals surface area contributed by atoms with Crippen LogP contribution in [0.15, 0.2) is 0 Å². The Kier molecular flexibility index (Phi) is 5.01. The minimum Gasteiger partial charge on any atom is -0.311 e. The minimum absolute atomic E-state index is 0.283. The maximum absolute atomic E-state index is 11.8. The Morgan fingerprint density at radius 1 is 1.44 bits per heavy atom. The fourth-order valence-electron chi connectivity index (χ4n) is 1.78. The molecule has 1 atom stereocenters. The summed E-state index contributed by atoms with van der Waals surface area (Å²) in [6.07, 6.45) is -4.51. The van der Waals surface area contributed by atoms with Crippen molar-refractivity contribution in [2.45, 2.75) is 26.3 Å². The summed E-state index contributed by atoms with van der Waals surface area (Å²) in [6, 6.07) is 0.361. The highest BCUT2D eigenvalue weighted by atomic mass is 19.4. The summed E-state index contributed by atoms with van der Waals surface area (Å²) in [5.41, 5.74) is 0. The second-order valence-corrected chi connectivity index (χ2v) is 4.40. The third-order valence-corrected chi connectivity index (χ3v) is 2.77. The first-order valence-corrected chi connectivity index (χ1v) is 5.55. The van der Waals surface area contributed by atoms with Crippen LogP contribution in [0.2, 0.25) is 0 Å². The second-order valence-electron chi connectivity index (χ2n) is 4.40. The van der Waals surface area contributed by atoms with Crippen molar-refractivity contribution < 1.29 is 17.9 Å². The number of alkyl halides is 3. The van der Waals surface area contributed by atoms with Crippen molar-refractivity contribution in [1.29, 1.82) is 0 Å². The standard InChI is InChI=1S/C10H19F3N2O/c1-8(2)9-7-15(4-3-14-9)5-6-16-10(11,12)13/h8-9,14H,3-7H2,1-2H3. The van der Waals surface area contributed by atoms with E-state index in [1.54, 1.807) is 0 Å². The summed E-state index contributed by atoms with van der Waals surface area (Å²) < 4.78 is 39.1. The molecule has 6 heteroatoms. The van der Waals surface area contributed by atoms with Gasteiger partial charge in [0.2, 0.25) is 0 Å². The van der Waals surface area contributed by atoms with Crippen LogP contribution in [0.1, 0.15) is 13.8 Å². The van der Waals surface area contributed by atoms with Crippen molar-refractivity contribution in [1.82, 2.24) is 10.2 Å². The van der Waals surface area contributed by atoms with E-state index in [1.807, 2.05) is 4.90 Å². The second kappa shape index (κ2) is 5.84. The number of hydrogen-bond donors (Lipinski definition) is 1. The smallest absolute Gasteiger partial charge is 0.311 e. The lowest BCUT2D eigenvalue weighted by Crippen LogP contribution is -2.53. The topological polar surface area (TPSA) is 24.5 Å². The predicted octanol–water partition coefficient (Wildman–Crippen LogP) is 1.45. The normalized spacial score (nSPS) is 24.0. The molecular formula is C10H19F3N2O. The van der Waals surface area contributed by atoms with Crippen LogP contribution in [0, 0.1) is 5.92 Å². The van der Waals surface area contributed by atoms with Crippen molar-refractivity contribution in [2.75, 3.05) is 32.8 Å². The molecule has 1 unspecified atom stereocenters. The van der Waals surface area contributed by atoms with Gasteiger partial charge in [0.25, 0.3) is 0 Å². The highest BCUT2D eigenvalue weighted by Gasteiger charge is 2.29. The Morgan fingerprint density at radius 2 is 2.12 bits per heavy atom. The summed E-state index contributed by atoms with van der Waals surface area (Å²) in [7, 11) is 0. The zero-order chi connectivity index (χ0) is 12.2. The van der Waals surface area contributed by atoms with E-state index in [1.165, 1.54) is 0 Å². The van der Waals surface area contributed by atoms with Crippen LogP contribution in [0.25, 0.3) is 0 Å². The van der Waals surface area contributed by atoms with E-state index < -0.39 is 6.36 Å². The maximum atomic E-state index is 11.8. The van der Waals surface area contributed by atoms with E-state index in [-0.39, 0.29) is 6.61 Å². The van der Waals surface area contributed by atoms with E-state index in [9.17, 15) is 13.2 Å². The van der Waals surface area contributed by atoms with Gasteiger partial charge in [-0.05, 0) is 5.92 Å².